The molecule has 2 aliphatic heterocycles. The molecule has 0 unspecified atom stereocenters. The quantitative estimate of drug-likeness (QED) is 0.789. The fourth-order valence-electron chi connectivity index (χ4n) is 2.86. The third kappa shape index (κ3) is 2.71. The molecule has 0 bridgehead atoms. The Labute approximate surface area is 133 Å². The Morgan fingerprint density at radius 2 is 2.21 bits per heavy atom. The zero-order valence-electron chi connectivity index (χ0n) is 12.3. The van der Waals surface area contributed by atoms with Crippen molar-refractivity contribution in [1.82, 2.24) is 4.90 Å². The summed E-state index contributed by atoms with van der Waals surface area (Å²) in [5.74, 6) is -2.84. The van der Waals surface area contributed by atoms with Crippen molar-refractivity contribution in [1.29, 1.82) is 5.26 Å². The molecule has 1 aromatic rings. The van der Waals surface area contributed by atoms with Gasteiger partial charge in [0.25, 0.3) is 5.91 Å². The Morgan fingerprint density at radius 3 is 2.79 bits per heavy atom. The van der Waals surface area contributed by atoms with Crippen LogP contribution in [0.2, 0.25) is 0 Å². The van der Waals surface area contributed by atoms with Gasteiger partial charge in [-0.2, -0.15) is 5.26 Å². The minimum absolute atomic E-state index is 0.0112. The molecule has 1 aromatic carbocycles. The predicted molar refractivity (Wildman–Crippen MR) is 71.7 cm³/mol. The first-order valence-corrected chi connectivity index (χ1v) is 6.83. The zero-order chi connectivity index (χ0) is 17.7. The molecule has 1 N–H and O–H groups in total. The van der Waals surface area contributed by atoms with Crippen LogP contribution >= 0.6 is 0 Å². The Morgan fingerprint density at radius 1 is 1.50 bits per heavy atom. The number of halogens is 4. The lowest BCUT2D eigenvalue weighted by Gasteiger charge is -2.34. The monoisotopic (exact) mass is 345 g/mol. The van der Waals surface area contributed by atoms with Crippen LogP contribution in [0.25, 0.3) is 0 Å². The maximum Gasteiger partial charge on any atom is 0.573 e. The lowest BCUT2D eigenvalue weighted by Crippen LogP contribution is -2.52. The van der Waals surface area contributed by atoms with Crippen LogP contribution in [0.1, 0.15) is 6.42 Å². The van der Waals surface area contributed by atoms with Crippen molar-refractivity contribution in [3.8, 4) is 17.6 Å². The van der Waals surface area contributed by atoms with E-state index in [-0.39, 0.29) is 24.4 Å². The summed E-state index contributed by atoms with van der Waals surface area (Å²) in [7, 11) is 1.61. The minimum atomic E-state index is -4.99. The summed E-state index contributed by atoms with van der Waals surface area (Å²) in [6.45, 7) is 0.0441. The molecule has 128 valence electrons. The molecule has 10 heteroatoms. The van der Waals surface area contributed by atoms with Gasteiger partial charge >= 0.3 is 6.36 Å². The molecule has 3 rings (SSSR count). The van der Waals surface area contributed by atoms with Gasteiger partial charge in [-0.15, -0.1) is 13.2 Å². The number of alkyl halides is 3. The van der Waals surface area contributed by atoms with E-state index < -0.39 is 35.5 Å². The first-order valence-electron chi connectivity index (χ1n) is 6.83. The van der Waals surface area contributed by atoms with Crippen LogP contribution < -0.4 is 14.8 Å². The average molecular weight is 345 g/mol. The number of carbonyl (C=O) groups is 1. The van der Waals surface area contributed by atoms with E-state index in [0.29, 0.717) is 6.07 Å². The van der Waals surface area contributed by atoms with Crippen molar-refractivity contribution in [2.45, 2.75) is 24.4 Å². The lowest BCUT2D eigenvalue weighted by molar-refractivity contribution is -0.274. The van der Waals surface area contributed by atoms with Crippen molar-refractivity contribution in [2.24, 2.45) is 0 Å². The molecule has 2 atom stereocenters. The van der Waals surface area contributed by atoms with E-state index in [9.17, 15) is 22.4 Å². The van der Waals surface area contributed by atoms with Crippen molar-refractivity contribution < 1.29 is 31.8 Å². The maximum atomic E-state index is 14.0. The van der Waals surface area contributed by atoms with Gasteiger partial charge in [-0.1, -0.05) is 0 Å². The number of hydrogen-bond acceptors (Lipinski definition) is 5. The number of likely N-dealkylation sites (tertiary alicyclic amines) is 1. The van der Waals surface area contributed by atoms with Gasteiger partial charge in [0, 0.05) is 25.1 Å². The topological polar surface area (TPSA) is 74.6 Å². The molecule has 1 saturated heterocycles. The van der Waals surface area contributed by atoms with Gasteiger partial charge in [-0.3, -0.25) is 9.69 Å². The van der Waals surface area contributed by atoms with E-state index in [1.165, 1.54) is 0 Å². The number of fused-ring (bicyclic) bond motifs is 1. The van der Waals surface area contributed by atoms with Gasteiger partial charge in [0.2, 0.25) is 5.60 Å². The number of benzene rings is 1. The summed E-state index contributed by atoms with van der Waals surface area (Å²) < 4.78 is 60.1. The third-order valence-corrected chi connectivity index (χ3v) is 3.93. The molecule has 2 heterocycles. The summed E-state index contributed by atoms with van der Waals surface area (Å²) in [5.41, 5.74) is -1.82. The fraction of sp³-hybridized carbons (Fsp3) is 0.429. The number of hydrogen-bond donors (Lipinski definition) is 1. The molecule has 1 fully saturated rings. The molecule has 24 heavy (non-hydrogen) atoms. The van der Waals surface area contributed by atoms with Gasteiger partial charge in [-0.05, 0) is 7.05 Å². The fourth-order valence-corrected chi connectivity index (χ4v) is 2.86. The molecular weight excluding hydrogens is 334 g/mol. The van der Waals surface area contributed by atoms with Crippen molar-refractivity contribution >= 4 is 11.6 Å². The van der Waals surface area contributed by atoms with E-state index >= 15 is 0 Å². The Bertz CT molecular complexity index is 746. The van der Waals surface area contributed by atoms with E-state index in [4.69, 9.17) is 10.00 Å². The van der Waals surface area contributed by atoms with E-state index in [1.54, 1.807) is 11.9 Å². The van der Waals surface area contributed by atoms with Crippen molar-refractivity contribution in [2.75, 3.05) is 18.9 Å². The molecule has 2 aliphatic rings. The Hall–Kier alpha value is -2.54. The highest BCUT2D eigenvalue weighted by Gasteiger charge is 2.53. The molecule has 0 aromatic heterocycles. The van der Waals surface area contributed by atoms with Crippen molar-refractivity contribution in [3.63, 3.8) is 0 Å². The first-order chi connectivity index (χ1) is 11.1. The first kappa shape index (κ1) is 16.3. The van der Waals surface area contributed by atoms with Crippen LogP contribution in [-0.2, 0) is 4.79 Å². The third-order valence-electron chi connectivity index (χ3n) is 3.93. The van der Waals surface area contributed by atoms with Crippen molar-refractivity contribution in [3.05, 3.63) is 17.9 Å². The lowest BCUT2D eigenvalue weighted by atomic mass is 9.97. The molecule has 6 nitrogen and oxygen atoms in total. The number of rotatable bonds is 1. The number of carbonyl (C=O) groups excluding carboxylic acids is 1. The molecule has 0 aliphatic carbocycles. The van der Waals surface area contributed by atoms with Crippen LogP contribution in [0.3, 0.4) is 0 Å². The van der Waals surface area contributed by atoms with Crippen LogP contribution in [0.5, 0.6) is 11.5 Å². The summed E-state index contributed by atoms with van der Waals surface area (Å²) >= 11 is 0. The maximum absolute atomic E-state index is 14.0. The van der Waals surface area contributed by atoms with E-state index in [0.717, 1.165) is 6.07 Å². The normalized spacial score (nSPS) is 26.5. The average Bonchev–Trinajstić information content (AvgIpc) is 2.76. The highest BCUT2D eigenvalue weighted by molar-refractivity contribution is 6.01. The SMILES string of the molecule is CN1C[C@@]2(C[C@H]1C#N)Oc1cc(OC(F)(F)F)cc(F)c1NC2=O. The number of nitrogens with one attached hydrogen (secondary N) is 1. The molecule has 1 spiro atoms. The standard InChI is InChI=1S/C14H11F4N3O3/c1-21-6-13(4-7(21)5-19)12(22)20-11-9(15)2-8(3-10(11)24-13)23-14(16,17)18/h2-3,7H,4,6H2,1H3,(H,20,22)/t7-,13+/m0/s1. The Balaban J connectivity index is 1.97. The van der Waals surface area contributed by atoms with Crippen LogP contribution in [0, 0.1) is 17.1 Å². The number of nitriles is 1. The van der Waals surface area contributed by atoms with Crippen LogP contribution in [-0.4, -0.2) is 42.4 Å². The number of anilines is 1. The van der Waals surface area contributed by atoms with E-state index in [2.05, 4.69) is 10.1 Å². The smallest absolute Gasteiger partial charge is 0.474 e. The summed E-state index contributed by atoms with van der Waals surface area (Å²) in [6.07, 6.45) is -4.98. The number of ether oxygens (including phenoxy) is 2. The molecule has 0 radical (unpaired) electrons. The minimum Gasteiger partial charge on any atom is -0.474 e. The highest BCUT2D eigenvalue weighted by Crippen LogP contribution is 2.43. The second kappa shape index (κ2) is 5.24. The second-order valence-electron chi connectivity index (χ2n) is 5.64. The Kier molecular flexibility index (Phi) is 3.56. The van der Waals surface area contributed by atoms with Gasteiger partial charge in [0.05, 0.1) is 6.07 Å². The van der Waals surface area contributed by atoms with Gasteiger partial charge in [0.15, 0.2) is 11.6 Å². The molecule has 0 saturated carbocycles. The number of likely N-dealkylation sites (N-methyl/N-ethyl adjacent to an activating group) is 1. The largest absolute Gasteiger partial charge is 0.573 e. The van der Waals surface area contributed by atoms with Gasteiger partial charge < -0.3 is 14.8 Å². The second-order valence-corrected chi connectivity index (χ2v) is 5.64. The summed E-state index contributed by atoms with van der Waals surface area (Å²) in [6, 6.07) is 2.76. The molecular formula is C14H11F4N3O3. The predicted octanol–water partition coefficient (Wildman–Crippen LogP) is 2.02. The number of nitrogens with zero attached hydrogens (tertiary/aromatic N) is 2. The van der Waals surface area contributed by atoms with Crippen LogP contribution in [0.15, 0.2) is 12.1 Å². The highest BCUT2D eigenvalue weighted by atomic mass is 19.4. The van der Waals surface area contributed by atoms with Gasteiger partial charge in [0.1, 0.15) is 17.5 Å². The summed E-state index contributed by atoms with van der Waals surface area (Å²) in [4.78, 5) is 13.9. The zero-order valence-corrected chi connectivity index (χ0v) is 12.3. The van der Waals surface area contributed by atoms with E-state index in [1.807, 2.05) is 6.07 Å². The van der Waals surface area contributed by atoms with Crippen LogP contribution in [0.4, 0.5) is 23.2 Å². The van der Waals surface area contributed by atoms with Gasteiger partial charge in [-0.25, -0.2) is 4.39 Å². The summed E-state index contributed by atoms with van der Waals surface area (Å²) in [5, 5.41) is 11.4. The molecule has 1 amide bonds. The number of amides is 1.